The number of carbonyl (C=O) groups is 2. The highest BCUT2D eigenvalue weighted by atomic mass is 32.2. The SMILES string of the molecule is CC(O)C(=O)Nc1sc(S(=O)(=O)c2ccccc2OC(F)(F)F)cc1C(N)=O. The second-order valence-electron chi connectivity index (χ2n) is 5.34. The maximum absolute atomic E-state index is 12.8. The summed E-state index contributed by atoms with van der Waals surface area (Å²) in [7, 11) is -4.56. The van der Waals surface area contributed by atoms with Gasteiger partial charge in [0.2, 0.25) is 9.84 Å². The van der Waals surface area contributed by atoms with Crippen molar-refractivity contribution in [1.82, 2.24) is 0 Å². The Morgan fingerprint density at radius 1 is 1.29 bits per heavy atom. The minimum absolute atomic E-state index is 0.272. The Morgan fingerprint density at radius 2 is 1.89 bits per heavy atom. The molecule has 152 valence electrons. The van der Waals surface area contributed by atoms with Crippen LogP contribution >= 0.6 is 11.3 Å². The van der Waals surface area contributed by atoms with Crippen LogP contribution in [-0.2, 0) is 14.6 Å². The number of carbonyl (C=O) groups excluding carboxylic acids is 2. The Balaban J connectivity index is 2.56. The van der Waals surface area contributed by atoms with Gasteiger partial charge >= 0.3 is 6.36 Å². The standard InChI is InChI=1S/C15H13F3N2O6S2/c1-7(21)13(23)20-14-8(12(19)22)6-11(27-14)28(24,25)10-5-3-2-4-9(10)26-15(16,17)18/h2-7,21H,1H3,(H2,19,22)(H,20,23). The van der Waals surface area contributed by atoms with Crippen molar-refractivity contribution < 1.29 is 41.0 Å². The van der Waals surface area contributed by atoms with Gasteiger partial charge in [-0.3, -0.25) is 9.59 Å². The molecule has 0 spiro atoms. The normalized spacial score (nSPS) is 13.0. The minimum atomic E-state index is -5.13. The Morgan fingerprint density at radius 3 is 2.43 bits per heavy atom. The highest BCUT2D eigenvalue weighted by Gasteiger charge is 2.35. The lowest BCUT2D eigenvalue weighted by molar-refractivity contribution is -0.275. The molecular weight excluding hydrogens is 425 g/mol. The van der Waals surface area contributed by atoms with E-state index in [0.717, 1.165) is 31.2 Å². The van der Waals surface area contributed by atoms with Crippen LogP contribution in [0.25, 0.3) is 0 Å². The van der Waals surface area contributed by atoms with Gasteiger partial charge in [-0.05, 0) is 25.1 Å². The first kappa shape index (κ1) is 21.7. The third-order valence-corrected chi connectivity index (χ3v) is 6.54. The molecule has 1 aromatic carbocycles. The van der Waals surface area contributed by atoms with E-state index in [1.807, 2.05) is 0 Å². The number of aliphatic hydroxyl groups excluding tert-OH is 1. The molecular formula is C15H13F3N2O6S2. The van der Waals surface area contributed by atoms with Crippen LogP contribution in [0.5, 0.6) is 5.75 Å². The van der Waals surface area contributed by atoms with Gasteiger partial charge < -0.3 is 20.9 Å². The zero-order valence-electron chi connectivity index (χ0n) is 14.0. The molecule has 2 rings (SSSR count). The Labute approximate surface area is 160 Å². The average Bonchev–Trinajstić information content (AvgIpc) is 2.98. The number of ether oxygens (including phenoxy) is 1. The number of nitrogens with two attached hydrogens (primary N) is 1. The molecule has 0 saturated carbocycles. The molecule has 0 radical (unpaired) electrons. The summed E-state index contributed by atoms with van der Waals surface area (Å²) in [6.07, 6.45) is -6.60. The van der Waals surface area contributed by atoms with Crippen LogP contribution in [0, 0.1) is 0 Å². The number of primary amides is 1. The lowest BCUT2D eigenvalue weighted by Gasteiger charge is -2.12. The van der Waals surface area contributed by atoms with Crippen molar-refractivity contribution in [1.29, 1.82) is 0 Å². The van der Waals surface area contributed by atoms with E-state index in [1.54, 1.807) is 0 Å². The predicted octanol–water partition coefficient (Wildman–Crippen LogP) is 1.90. The third kappa shape index (κ3) is 4.79. The van der Waals surface area contributed by atoms with Crippen molar-refractivity contribution in [2.75, 3.05) is 5.32 Å². The van der Waals surface area contributed by atoms with E-state index < -0.39 is 49.0 Å². The van der Waals surface area contributed by atoms with Crippen LogP contribution in [-0.4, -0.2) is 37.8 Å². The van der Waals surface area contributed by atoms with Gasteiger partial charge in [0, 0.05) is 0 Å². The lowest BCUT2D eigenvalue weighted by Crippen LogP contribution is -2.25. The van der Waals surface area contributed by atoms with Gasteiger partial charge in [-0.15, -0.1) is 24.5 Å². The Bertz CT molecular complexity index is 1020. The predicted molar refractivity (Wildman–Crippen MR) is 91.7 cm³/mol. The van der Waals surface area contributed by atoms with Crippen LogP contribution in [0.2, 0.25) is 0 Å². The molecule has 2 amide bonds. The molecule has 0 bridgehead atoms. The number of para-hydroxylation sites is 1. The van der Waals surface area contributed by atoms with Crippen molar-refractivity contribution in [2.24, 2.45) is 5.73 Å². The first-order valence-corrected chi connectivity index (χ1v) is 9.65. The summed E-state index contributed by atoms with van der Waals surface area (Å²) in [6, 6.07) is 4.88. The second-order valence-corrected chi connectivity index (χ2v) is 8.53. The summed E-state index contributed by atoms with van der Waals surface area (Å²) in [5, 5.41) is 11.1. The number of alkyl halides is 3. The molecule has 0 aliphatic rings. The number of hydrogen-bond acceptors (Lipinski definition) is 7. The van der Waals surface area contributed by atoms with Crippen molar-refractivity contribution >= 4 is 38.0 Å². The molecule has 2 aromatic rings. The van der Waals surface area contributed by atoms with E-state index in [2.05, 4.69) is 10.1 Å². The fourth-order valence-corrected chi connectivity index (χ4v) is 4.86. The topological polar surface area (TPSA) is 136 Å². The van der Waals surface area contributed by atoms with Crippen LogP contribution in [0.3, 0.4) is 0 Å². The Kier molecular flexibility index (Phi) is 6.01. The maximum atomic E-state index is 12.8. The molecule has 0 aliphatic heterocycles. The van der Waals surface area contributed by atoms with E-state index in [-0.39, 0.29) is 10.6 Å². The number of sulfone groups is 1. The molecule has 0 fully saturated rings. The number of anilines is 1. The maximum Gasteiger partial charge on any atom is 0.573 e. The second kappa shape index (κ2) is 7.77. The van der Waals surface area contributed by atoms with E-state index in [1.165, 1.54) is 6.07 Å². The first-order valence-electron chi connectivity index (χ1n) is 7.35. The highest BCUT2D eigenvalue weighted by molar-refractivity contribution is 7.93. The van der Waals surface area contributed by atoms with Crippen LogP contribution in [0.4, 0.5) is 18.2 Å². The van der Waals surface area contributed by atoms with Crippen molar-refractivity contribution in [3.05, 3.63) is 35.9 Å². The minimum Gasteiger partial charge on any atom is -0.404 e. The highest BCUT2D eigenvalue weighted by Crippen LogP contribution is 2.38. The van der Waals surface area contributed by atoms with E-state index >= 15 is 0 Å². The quantitative estimate of drug-likeness (QED) is 0.630. The molecule has 28 heavy (non-hydrogen) atoms. The average molecular weight is 438 g/mol. The molecule has 13 heteroatoms. The molecule has 1 aromatic heterocycles. The summed E-state index contributed by atoms with van der Waals surface area (Å²) < 4.78 is 66.5. The van der Waals surface area contributed by atoms with E-state index in [0.29, 0.717) is 11.3 Å². The van der Waals surface area contributed by atoms with Gasteiger partial charge in [0.25, 0.3) is 11.8 Å². The number of nitrogens with one attached hydrogen (secondary N) is 1. The molecule has 8 nitrogen and oxygen atoms in total. The van der Waals surface area contributed by atoms with E-state index in [9.17, 15) is 36.3 Å². The van der Waals surface area contributed by atoms with Gasteiger partial charge in [0.05, 0.1) is 5.56 Å². The molecule has 1 heterocycles. The molecule has 1 unspecified atom stereocenters. The number of halogens is 3. The van der Waals surface area contributed by atoms with Crippen molar-refractivity contribution in [2.45, 2.75) is 28.5 Å². The van der Waals surface area contributed by atoms with Gasteiger partial charge in [0.15, 0.2) is 0 Å². The summed E-state index contributed by atoms with van der Waals surface area (Å²) in [6.45, 7) is 1.13. The lowest BCUT2D eigenvalue weighted by atomic mass is 10.3. The smallest absolute Gasteiger partial charge is 0.404 e. The van der Waals surface area contributed by atoms with Crippen molar-refractivity contribution in [3.8, 4) is 5.75 Å². The van der Waals surface area contributed by atoms with Gasteiger partial charge in [0.1, 0.15) is 26.0 Å². The van der Waals surface area contributed by atoms with Gasteiger partial charge in [-0.2, -0.15) is 0 Å². The molecule has 0 saturated heterocycles. The first-order chi connectivity index (χ1) is 12.8. The van der Waals surface area contributed by atoms with Crippen LogP contribution in [0.15, 0.2) is 39.4 Å². The number of amides is 2. The van der Waals surface area contributed by atoms with Gasteiger partial charge in [-0.25, -0.2) is 8.42 Å². The third-order valence-electron chi connectivity index (χ3n) is 3.22. The zero-order chi connectivity index (χ0) is 21.3. The summed E-state index contributed by atoms with van der Waals surface area (Å²) in [5.74, 6) is -2.98. The fraction of sp³-hybridized carbons (Fsp3) is 0.200. The van der Waals surface area contributed by atoms with Crippen LogP contribution < -0.4 is 15.8 Å². The van der Waals surface area contributed by atoms with Gasteiger partial charge in [-0.1, -0.05) is 12.1 Å². The Hall–Kier alpha value is -2.64. The number of aliphatic hydroxyl groups is 1. The summed E-state index contributed by atoms with van der Waals surface area (Å²) >= 11 is 0.393. The molecule has 0 aliphatic carbocycles. The largest absolute Gasteiger partial charge is 0.573 e. The zero-order valence-corrected chi connectivity index (χ0v) is 15.6. The summed E-state index contributed by atoms with van der Waals surface area (Å²) in [4.78, 5) is 22.4. The number of benzene rings is 1. The molecule has 4 N–H and O–H groups in total. The monoisotopic (exact) mass is 438 g/mol. The van der Waals surface area contributed by atoms with Crippen LogP contribution in [0.1, 0.15) is 17.3 Å². The molecule has 1 atom stereocenters. The number of hydrogen-bond donors (Lipinski definition) is 3. The fourth-order valence-electron chi connectivity index (χ4n) is 1.98. The van der Waals surface area contributed by atoms with Crippen molar-refractivity contribution in [3.63, 3.8) is 0 Å². The number of thiophene rings is 1. The van der Waals surface area contributed by atoms with E-state index in [4.69, 9.17) is 5.73 Å². The number of rotatable bonds is 6. The summed E-state index contributed by atoms with van der Waals surface area (Å²) in [5.41, 5.74) is 4.78.